The van der Waals surface area contributed by atoms with Crippen LogP contribution in [0.1, 0.15) is 31.9 Å². The van der Waals surface area contributed by atoms with Crippen molar-refractivity contribution in [1.82, 2.24) is 5.32 Å². The second-order valence-electron chi connectivity index (χ2n) is 8.66. The van der Waals surface area contributed by atoms with E-state index in [1.165, 1.54) is 12.1 Å². The third-order valence-corrected chi connectivity index (χ3v) is 7.19. The highest BCUT2D eigenvalue weighted by Crippen LogP contribution is 2.32. The third-order valence-electron chi connectivity index (χ3n) is 6.05. The Morgan fingerprint density at radius 1 is 1.03 bits per heavy atom. The number of aliphatic imine (C=N–C) groups is 1. The van der Waals surface area contributed by atoms with Gasteiger partial charge in [0.05, 0.1) is 17.2 Å². The standard InChI is InChI=1S/C29H22F2N6OS/c30-23-5-1-18(12-24(23)31)15-37-29(38)22-11-17(14-32)2-6-26(22)36-16-20-4-8-27(39-20)19-3-7-25-21(13-19)28(33)35-10-9-34-25/h1-13,34,36H,15-16H2,(H2,33,35)(H,37,38). The average Bonchev–Trinajstić information content (AvgIpc) is 3.35. The van der Waals surface area contributed by atoms with Gasteiger partial charge >= 0.3 is 0 Å². The van der Waals surface area contributed by atoms with Crippen molar-refractivity contribution in [1.29, 1.82) is 5.26 Å². The molecule has 1 aromatic heterocycles. The fraction of sp³-hybridized carbons (Fsp3) is 0.0690. The molecule has 3 aromatic carbocycles. The van der Waals surface area contributed by atoms with Crippen LogP contribution in [-0.2, 0) is 13.1 Å². The van der Waals surface area contributed by atoms with Crippen molar-refractivity contribution in [3.63, 3.8) is 0 Å². The number of amidine groups is 1. The fourth-order valence-corrected chi connectivity index (χ4v) is 4.99. The van der Waals surface area contributed by atoms with Crippen LogP contribution in [0.5, 0.6) is 0 Å². The van der Waals surface area contributed by atoms with Gasteiger partial charge in [-0.3, -0.25) is 4.79 Å². The number of amides is 1. The summed E-state index contributed by atoms with van der Waals surface area (Å²) in [4.78, 5) is 19.2. The molecule has 0 saturated heterocycles. The summed E-state index contributed by atoms with van der Waals surface area (Å²) < 4.78 is 26.7. The fourth-order valence-electron chi connectivity index (χ4n) is 4.04. The maximum Gasteiger partial charge on any atom is 0.253 e. The number of anilines is 2. The molecule has 1 amide bonds. The first kappa shape index (κ1) is 25.6. The Morgan fingerprint density at radius 3 is 2.72 bits per heavy atom. The molecule has 1 aliphatic heterocycles. The summed E-state index contributed by atoms with van der Waals surface area (Å²) in [7, 11) is 0. The van der Waals surface area contributed by atoms with Gasteiger partial charge in [-0.15, -0.1) is 11.3 Å². The Kier molecular flexibility index (Phi) is 7.34. The molecule has 5 N–H and O–H groups in total. The molecule has 2 heterocycles. The minimum Gasteiger partial charge on any atom is -0.383 e. The number of thiophene rings is 1. The van der Waals surface area contributed by atoms with Gasteiger partial charge in [0, 0.05) is 52.2 Å². The Labute approximate surface area is 227 Å². The van der Waals surface area contributed by atoms with Crippen LogP contribution in [0.2, 0.25) is 0 Å². The number of halogens is 2. The summed E-state index contributed by atoms with van der Waals surface area (Å²) in [6.07, 6.45) is 3.35. The predicted octanol–water partition coefficient (Wildman–Crippen LogP) is 5.71. The normalized spacial score (nSPS) is 12.0. The summed E-state index contributed by atoms with van der Waals surface area (Å²) in [6, 6.07) is 20.3. The van der Waals surface area contributed by atoms with E-state index in [-0.39, 0.29) is 12.1 Å². The van der Waals surface area contributed by atoms with Crippen molar-refractivity contribution < 1.29 is 13.6 Å². The highest BCUT2D eigenvalue weighted by atomic mass is 32.1. The molecule has 0 unspecified atom stereocenters. The van der Waals surface area contributed by atoms with Crippen LogP contribution in [0.15, 0.2) is 84.1 Å². The van der Waals surface area contributed by atoms with Gasteiger partial charge < -0.3 is 21.7 Å². The third kappa shape index (κ3) is 5.79. The topological polar surface area (TPSA) is 115 Å². The second-order valence-corrected chi connectivity index (χ2v) is 9.83. The molecular weight excluding hydrogens is 518 g/mol. The van der Waals surface area contributed by atoms with Crippen molar-refractivity contribution in [2.75, 3.05) is 10.6 Å². The second kappa shape index (κ2) is 11.2. The number of hydrogen-bond acceptors (Lipinski definition) is 7. The van der Waals surface area contributed by atoms with E-state index in [0.29, 0.717) is 29.2 Å². The number of nitriles is 1. The van der Waals surface area contributed by atoms with E-state index in [9.17, 15) is 18.8 Å². The molecule has 0 fully saturated rings. The molecular formula is C29H22F2N6OS. The van der Waals surface area contributed by atoms with Crippen molar-refractivity contribution in [2.45, 2.75) is 13.1 Å². The number of carbonyl (C=O) groups excluding carboxylic acids is 1. The Balaban J connectivity index is 1.30. The number of carbonyl (C=O) groups is 1. The van der Waals surface area contributed by atoms with Gasteiger partial charge in [-0.1, -0.05) is 12.1 Å². The van der Waals surface area contributed by atoms with Crippen molar-refractivity contribution in [3.05, 3.63) is 118 Å². The minimum atomic E-state index is -0.984. The van der Waals surface area contributed by atoms with E-state index in [1.807, 2.05) is 36.4 Å². The van der Waals surface area contributed by atoms with Crippen molar-refractivity contribution in [3.8, 4) is 16.5 Å². The number of hydrogen-bond donors (Lipinski definition) is 4. The summed E-state index contributed by atoms with van der Waals surface area (Å²) in [6.45, 7) is 0.447. The number of rotatable bonds is 7. The number of nitrogens with zero attached hydrogens (tertiary/aromatic N) is 2. The maximum absolute atomic E-state index is 13.5. The number of benzene rings is 3. The minimum absolute atomic E-state index is 0.00211. The zero-order valence-electron chi connectivity index (χ0n) is 20.5. The molecule has 0 radical (unpaired) electrons. The van der Waals surface area contributed by atoms with E-state index in [2.05, 4.69) is 20.9 Å². The first-order chi connectivity index (χ1) is 18.9. The highest BCUT2D eigenvalue weighted by molar-refractivity contribution is 7.15. The highest BCUT2D eigenvalue weighted by Gasteiger charge is 2.15. The zero-order chi connectivity index (χ0) is 27.4. The monoisotopic (exact) mass is 540 g/mol. The number of fused-ring (bicyclic) bond motifs is 1. The van der Waals surface area contributed by atoms with E-state index in [0.717, 1.165) is 38.7 Å². The lowest BCUT2D eigenvalue weighted by Crippen LogP contribution is -2.24. The SMILES string of the molecule is N#Cc1ccc(NCc2ccc(-c3ccc4c(c3)C(N)=NC=CN4)s2)c(C(=O)NCc2ccc(F)c(F)c2)c1. The predicted molar refractivity (Wildman–Crippen MR) is 149 cm³/mol. The molecule has 0 aliphatic carbocycles. The molecule has 4 aromatic rings. The zero-order valence-corrected chi connectivity index (χ0v) is 21.3. The Bertz CT molecular complexity index is 1670. The van der Waals surface area contributed by atoms with Gasteiger partial charge in [0.1, 0.15) is 5.84 Å². The van der Waals surface area contributed by atoms with Crippen LogP contribution in [0, 0.1) is 23.0 Å². The van der Waals surface area contributed by atoms with Crippen LogP contribution in [-0.4, -0.2) is 11.7 Å². The van der Waals surface area contributed by atoms with E-state index in [4.69, 9.17) is 5.73 Å². The molecule has 194 valence electrons. The van der Waals surface area contributed by atoms with Gasteiger partial charge in [-0.2, -0.15) is 5.26 Å². The maximum atomic E-state index is 13.5. The van der Waals surface area contributed by atoms with E-state index >= 15 is 0 Å². The van der Waals surface area contributed by atoms with Gasteiger partial charge in [0.25, 0.3) is 5.91 Å². The lowest BCUT2D eigenvalue weighted by atomic mass is 10.1. The average molecular weight is 541 g/mol. The van der Waals surface area contributed by atoms with Crippen LogP contribution >= 0.6 is 11.3 Å². The number of nitrogens with one attached hydrogen (secondary N) is 3. The molecule has 0 spiro atoms. The van der Waals surface area contributed by atoms with Crippen LogP contribution in [0.3, 0.4) is 0 Å². The van der Waals surface area contributed by atoms with Crippen molar-refractivity contribution in [2.24, 2.45) is 10.7 Å². The molecule has 10 heteroatoms. The van der Waals surface area contributed by atoms with Crippen LogP contribution in [0.25, 0.3) is 10.4 Å². The quantitative estimate of drug-likeness (QED) is 0.240. The lowest BCUT2D eigenvalue weighted by Gasteiger charge is -2.13. The lowest BCUT2D eigenvalue weighted by molar-refractivity contribution is 0.0951. The van der Waals surface area contributed by atoms with Crippen LogP contribution in [0.4, 0.5) is 20.2 Å². The van der Waals surface area contributed by atoms with Crippen molar-refractivity contribution >= 4 is 34.5 Å². The molecule has 5 rings (SSSR count). The largest absolute Gasteiger partial charge is 0.383 e. The van der Waals surface area contributed by atoms with E-state index < -0.39 is 17.5 Å². The Morgan fingerprint density at radius 2 is 1.90 bits per heavy atom. The first-order valence-electron chi connectivity index (χ1n) is 11.9. The molecule has 1 aliphatic rings. The van der Waals surface area contributed by atoms with Gasteiger partial charge in [0.15, 0.2) is 11.6 Å². The molecule has 0 atom stereocenters. The number of nitrogens with two attached hydrogens (primary N) is 1. The van der Waals surface area contributed by atoms with E-state index in [1.54, 1.807) is 35.9 Å². The van der Waals surface area contributed by atoms with Crippen LogP contribution < -0.4 is 21.7 Å². The summed E-state index contributed by atoms with van der Waals surface area (Å²) >= 11 is 1.60. The summed E-state index contributed by atoms with van der Waals surface area (Å²) in [5, 5.41) is 18.5. The van der Waals surface area contributed by atoms with Gasteiger partial charge in [-0.05, 0) is 65.7 Å². The first-order valence-corrected chi connectivity index (χ1v) is 12.7. The smallest absolute Gasteiger partial charge is 0.253 e. The molecule has 39 heavy (non-hydrogen) atoms. The summed E-state index contributed by atoms with van der Waals surface area (Å²) in [5.74, 6) is -1.95. The Hall–Kier alpha value is -5.01. The molecule has 0 saturated carbocycles. The van der Waals surface area contributed by atoms with Gasteiger partial charge in [0.2, 0.25) is 0 Å². The summed E-state index contributed by atoms with van der Waals surface area (Å²) in [5.41, 5.74) is 10.4. The van der Waals surface area contributed by atoms with Gasteiger partial charge in [-0.25, -0.2) is 13.8 Å². The molecule has 0 bridgehead atoms. The molecule has 7 nitrogen and oxygen atoms in total.